The van der Waals surface area contributed by atoms with Gasteiger partial charge in [0.2, 0.25) is 0 Å². The highest BCUT2D eigenvalue weighted by molar-refractivity contribution is 7.09. The molecule has 0 aromatic carbocycles. The molecule has 1 N–H and O–H groups in total. The Labute approximate surface area is 254 Å². The van der Waals surface area contributed by atoms with Gasteiger partial charge in [-0.3, -0.25) is 9.59 Å². The van der Waals surface area contributed by atoms with Crippen molar-refractivity contribution in [3.05, 3.63) is 33.3 Å². The Morgan fingerprint density at radius 1 is 1.22 bits per heavy atom. The SMILES string of the molecule is C/C1=C/C[C@@H](/C(C)=C/c2csc(C)n2)OC(=O)C[C@H](O[Si](C)(C)C(C)(C)C)C(C)(C)C(=O)[C@@H](C)[C@@H](O)[C@@H](C)CCC1. The summed E-state index contributed by atoms with van der Waals surface area (Å²) in [5.74, 6) is -1.06. The normalized spacial score (nSPS) is 29.5. The van der Waals surface area contributed by atoms with E-state index in [1.165, 1.54) is 5.57 Å². The predicted molar refractivity (Wildman–Crippen MR) is 172 cm³/mol. The number of rotatable bonds is 4. The van der Waals surface area contributed by atoms with Crippen molar-refractivity contribution in [3.8, 4) is 0 Å². The number of hydrogen-bond donors (Lipinski definition) is 1. The Bertz CT molecular complexity index is 1110. The van der Waals surface area contributed by atoms with E-state index in [4.69, 9.17) is 9.16 Å². The summed E-state index contributed by atoms with van der Waals surface area (Å²) in [6.07, 6.45) is 5.44. The number of aliphatic hydroxyl groups excluding tert-OH is 1. The van der Waals surface area contributed by atoms with Crippen LogP contribution in [0.25, 0.3) is 6.08 Å². The van der Waals surface area contributed by atoms with Crippen LogP contribution in [0.4, 0.5) is 0 Å². The molecule has 232 valence electrons. The molecule has 0 fully saturated rings. The lowest BCUT2D eigenvalue weighted by molar-refractivity contribution is -0.153. The first-order valence-electron chi connectivity index (χ1n) is 15.1. The van der Waals surface area contributed by atoms with E-state index in [1.54, 1.807) is 11.3 Å². The molecule has 0 radical (unpaired) electrons. The van der Waals surface area contributed by atoms with Gasteiger partial charge in [-0.1, -0.05) is 60.1 Å². The molecule has 41 heavy (non-hydrogen) atoms. The number of Topliss-reactive ketones (excluding diaryl/α,β-unsaturated/α-hetero) is 1. The highest BCUT2D eigenvalue weighted by Crippen LogP contribution is 2.42. The lowest BCUT2D eigenvalue weighted by atomic mass is 9.73. The van der Waals surface area contributed by atoms with Crippen LogP contribution >= 0.6 is 11.3 Å². The second-order valence-electron chi connectivity index (χ2n) is 14.3. The molecule has 6 nitrogen and oxygen atoms in total. The van der Waals surface area contributed by atoms with Gasteiger partial charge in [0.05, 0.1) is 29.3 Å². The smallest absolute Gasteiger partial charge is 0.309 e. The van der Waals surface area contributed by atoms with Gasteiger partial charge in [0.15, 0.2) is 8.32 Å². The molecule has 2 rings (SSSR count). The third kappa shape index (κ3) is 9.70. The average Bonchev–Trinajstić information content (AvgIpc) is 3.27. The van der Waals surface area contributed by atoms with E-state index in [0.29, 0.717) is 6.42 Å². The van der Waals surface area contributed by atoms with Gasteiger partial charge in [-0.25, -0.2) is 4.98 Å². The van der Waals surface area contributed by atoms with E-state index in [0.717, 1.165) is 35.5 Å². The Kier molecular flexibility index (Phi) is 12.4. The fourth-order valence-corrected chi connectivity index (χ4v) is 7.12. The summed E-state index contributed by atoms with van der Waals surface area (Å²) in [5.41, 5.74) is 2.01. The molecule has 0 amide bonds. The fraction of sp³-hybridized carbons (Fsp3) is 0.727. The maximum absolute atomic E-state index is 14.0. The minimum absolute atomic E-state index is 0.0188. The minimum Gasteiger partial charge on any atom is -0.457 e. The summed E-state index contributed by atoms with van der Waals surface area (Å²) >= 11 is 1.59. The van der Waals surface area contributed by atoms with Gasteiger partial charge in [0.25, 0.3) is 0 Å². The molecule has 1 aromatic rings. The van der Waals surface area contributed by atoms with Gasteiger partial charge >= 0.3 is 5.97 Å². The molecule has 1 aliphatic heterocycles. The molecule has 0 saturated carbocycles. The Hall–Kier alpha value is -1.61. The van der Waals surface area contributed by atoms with Gasteiger partial charge in [0.1, 0.15) is 11.9 Å². The number of esters is 1. The van der Waals surface area contributed by atoms with Crippen molar-refractivity contribution >= 4 is 37.5 Å². The molecule has 8 heteroatoms. The number of ketones is 1. The van der Waals surface area contributed by atoms with Crippen molar-refractivity contribution in [1.82, 2.24) is 4.98 Å². The van der Waals surface area contributed by atoms with Crippen LogP contribution in [-0.4, -0.2) is 48.5 Å². The number of aryl methyl sites for hydroxylation is 1. The van der Waals surface area contributed by atoms with Crippen molar-refractivity contribution in [2.24, 2.45) is 17.3 Å². The van der Waals surface area contributed by atoms with Crippen molar-refractivity contribution in [2.75, 3.05) is 0 Å². The molecule has 1 aliphatic rings. The summed E-state index contributed by atoms with van der Waals surface area (Å²) in [5, 5.41) is 14.1. The maximum atomic E-state index is 14.0. The van der Waals surface area contributed by atoms with Crippen molar-refractivity contribution in [1.29, 1.82) is 0 Å². The molecule has 0 unspecified atom stereocenters. The van der Waals surface area contributed by atoms with Gasteiger partial charge < -0.3 is 14.3 Å². The highest BCUT2D eigenvalue weighted by atomic mass is 32.1. The number of ether oxygens (including phenoxy) is 1. The first-order valence-corrected chi connectivity index (χ1v) is 18.9. The molecule has 2 heterocycles. The molecule has 0 saturated heterocycles. The van der Waals surface area contributed by atoms with E-state index in [2.05, 4.69) is 51.8 Å². The van der Waals surface area contributed by atoms with Crippen LogP contribution < -0.4 is 0 Å². The average molecular weight is 606 g/mol. The van der Waals surface area contributed by atoms with E-state index in [9.17, 15) is 14.7 Å². The number of aliphatic hydroxyl groups is 1. The number of thiazole rings is 1. The molecule has 5 atom stereocenters. The van der Waals surface area contributed by atoms with Gasteiger partial charge in [0, 0.05) is 23.1 Å². The Morgan fingerprint density at radius 2 is 1.85 bits per heavy atom. The van der Waals surface area contributed by atoms with Crippen LogP contribution in [0.5, 0.6) is 0 Å². The van der Waals surface area contributed by atoms with Crippen LogP contribution in [-0.2, 0) is 18.8 Å². The monoisotopic (exact) mass is 605 g/mol. The quantitative estimate of drug-likeness (QED) is 0.211. The second kappa shape index (κ2) is 14.2. The first kappa shape index (κ1) is 35.6. The number of carbonyl (C=O) groups excluding carboxylic acids is 2. The van der Waals surface area contributed by atoms with Crippen molar-refractivity contribution in [2.45, 2.75) is 138 Å². The van der Waals surface area contributed by atoms with Crippen LogP contribution in [0.15, 0.2) is 22.6 Å². The van der Waals surface area contributed by atoms with Crippen LogP contribution in [0.2, 0.25) is 18.1 Å². The van der Waals surface area contributed by atoms with E-state index in [-0.39, 0.29) is 29.1 Å². The first-order chi connectivity index (χ1) is 18.8. The summed E-state index contributed by atoms with van der Waals surface area (Å²) in [7, 11) is -2.36. The summed E-state index contributed by atoms with van der Waals surface area (Å²) in [4.78, 5) is 32.2. The van der Waals surface area contributed by atoms with Crippen LogP contribution in [0, 0.1) is 24.2 Å². The lowest BCUT2D eigenvalue weighted by Crippen LogP contribution is -2.52. The number of aromatic nitrogens is 1. The highest BCUT2D eigenvalue weighted by Gasteiger charge is 2.48. The van der Waals surface area contributed by atoms with Crippen molar-refractivity contribution < 1.29 is 23.9 Å². The Balaban J connectivity index is 2.53. The van der Waals surface area contributed by atoms with Crippen LogP contribution in [0.1, 0.15) is 105 Å². The summed E-state index contributed by atoms with van der Waals surface area (Å²) in [6, 6.07) is 0. The largest absolute Gasteiger partial charge is 0.457 e. The molecule has 0 bridgehead atoms. The third-order valence-corrected chi connectivity index (χ3v) is 14.5. The maximum Gasteiger partial charge on any atom is 0.309 e. The third-order valence-electron chi connectivity index (χ3n) is 9.25. The Morgan fingerprint density at radius 3 is 2.41 bits per heavy atom. The number of nitrogens with zero attached hydrogens (tertiary/aromatic N) is 1. The zero-order valence-electron chi connectivity index (χ0n) is 27.6. The zero-order valence-corrected chi connectivity index (χ0v) is 29.4. The summed E-state index contributed by atoms with van der Waals surface area (Å²) in [6.45, 7) is 24.3. The molecule has 1 aromatic heterocycles. The second-order valence-corrected chi connectivity index (χ2v) is 20.1. The summed E-state index contributed by atoms with van der Waals surface area (Å²) < 4.78 is 13.0. The van der Waals surface area contributed by atoms with Crippen molar-refractivity contribution in [3.63, 3.8) is 0 Å². The standard InChI is InChI=1S/C33H55NO5SSi/c1-21-14-13-15-22(2)30(36)24(4)31(37)33(9,10)28(39-41(11,12)32(6,7)8)19-29(35)38-27(17-16-21)23(3)18-26-20-40-25(5)34-26/h16,18,20,22,24,27-28,30,36H,13-15,17,19H2,1-12H3/b21-16-,23-18+/t22-,24-,27-,28-,30-/m0/s1. The van der Waals surface area contributed by atoms with Gasteiger partial charge in [-0.15, -0.1) is 11.3 Å². The molecular weight excluding hydrogens is 551 g/mol. The molecular formula is C33H55NO5SSi. The van der Waals surface area contributed by atoms with E-state index < -0.39 is 38.0 Å². The number of carbonyl (C=O) groups is 2. The fourth-order valence-electron chi connectivity index (χ4n) is 5.11. The molecule has 0 spiro atoms. The molecule has 0 aliphatic carbocycles. The van der Waals surface area contributed by atoms with E-state index in [1.807, 2.05) is 53.0 Å². The zero-order chi connectivity index (χ0) is 31.3. The van der Waals surface area contributed by atoms with Gasteiger partial charge in [-0.2, -0.15) is 0 Å². The lowest BCUT2D eigenvalue weighted by Gasteiger charge is -2.44. The number of hydrogen-bond acceptors (Lipinski definition) is 7. The predicted octanol–water partition coefficient (Wildman–Crippen LogP) is 8.30. The minimum atomic E-state index is -2.36. The van der Waals surface area contributed by atoms with E-state index >= 15 is 0 Å². The topological polar surface area (TPSA) is 85.7 Å². The number of allylic oxidation sites excluding steroid dienone is 1. The van der Waals surface area contributed by atoms with Crippen LogP contribution in [0.3, 0.4) is 0 Å². The van der Waals surface area contributed by atoms with Gasteiger partial charge in [-0.05, 0) is 75.7 Å². The number of cyclic esters (lactones) is 1.